The summed E-state index contributed by atoms with van der Waals surface area (Å²) in [5, 5.41) is 19.3. The molecule has 1 atom stereocenters. The number of hydrogen-bond donors (Lipinski definition) is 3. The summed E-state index contributed by atoms with van der Waals surface area (Å²) >= 11 is 0. The van der Waals surface area contributed by atoms with Crippen molar-refractivity contribution in [1.29, 1.82) is 0 Å². The van der Waals surface area contributed by atoms with Gasteiger partial charge in [0.15, 0.2) is 0 Å². The number of nitrogens with zero attached hydrogens (tertiary/aromatic N) is 2. The lowest BCUT2D eigenvalue weighted by molar-refractivity contribution is 0.196. The van der Waals surface area contributed by atoms with E-state index in [9.17, 15) is 9.90 Å². The molecule has 1 aliphatic carbocycles. The first kappa shape index (κ1) is 16.8. The Morgan fingerprint density at radius 1 is 1.36 bits per heavy atom. The van der Waals surface area contributed by atoms with E-state index in [0.717, 1.165) is 25.8 Å². The van der Waals surface area contributed by atoms with Gasteiger partial charge < -0.3 is 15.7 Å². The van der Waals surface area contributed by atoms with Crippen molar-refractivity contribution in [3.63, 3.8) is 0 Å². The van der Waals surface area contributed by atoms with Gasteiger partial charge >= 0.3 is 6.03 Å². The fraction of sp³-hybridized carbons (Fsp3) is 0.750. The minimum Gasteiger partial charge on any atom is -0.396 e. The van der Waals surface area contributed by atoms with Crippen LogP contribution in [0.5, 0.6) is 0 Å². The molecule has 3 N–H and O–H groups in total. The zero-order valence-electron chi connectivity index (χ0n) is 13.2. The molecular formula is C16H28N4O2. The second-order valence-electron chi connectivity index (χ2n) is 6.04. The van der Waals surface area contributed by atoms with Crippen LogP contribution in [0.3, 0.4) is 0 Å². The highest BCUT2D eigenvalue weighted by atomic mass is 16.3. The van der Waals surface area contributed by atoms with Crippen molar-refractivity contribution < 1.29 is 9.90 Å². The van der Waals surface area contributed by atoms with E-state index in [4.69, 9.17) is 0 Å². The molecule has 6 nitrogen and oxygen atoms in total. The summed E-state index contributed by atoms with van der Waals surface area (Å²) in [5.74, 6) is 0.510. The van der Waals surface area contributed by atoms with E-state index in [-0.39, 0.29) is 18.7 Å². The van der Waals surface area contributed by atoms with Gasteiger partial charge in [-0.25, -0.2) is 4.79 Å². The minimum atomic E-state index is -0.121. The zero-order valence-corrected chi connectivity index (χ0v) is 13.2. The van der Waals surface area contributed by atoms with Crippen molar-refractivity contribution >= 4 is 6.03 Å². The Morgan fingerprint density at radius 2 is 2.18 bits per heavy atom. The lowest BCUT2D eigenvalue weighted by Gasteiger charge is -2.30. The maximum Gasteiger partial charge on any atom is 0.315 e. The number of aromatic nitrogens is 2. The molecule has 2 rings (SSSR count). The number of carbonyl (C=O) groups excluding carboxylic acids is 1. The van der Waals surface area contributed by atoms with Crippen molar-refractivity contribution in [3.8, 4) is 0 Å². The van der Waals surface area contributed by atoms with E-state index in [2.05, 4.69) is 15.7 Å². The maximum atomic E-state index is 12.0. The van der Waals surface area contributed by atoms with Crippen LogP contribution in [0.2, 0.25) is 0 Å². The SMILES string of the molecule is O=C(NCCCn1cccn1)NC(CCO)C1CCCCC1. The average Bonchev–Trinajstić information content (AvgIpc) is 3.05. The lowest BCUT2D eigenvalue weighted by Crippen LogP contribution is -2.46. The van der Waals surface area contributed by atoms with Gasteiger partial charge in [0.05, 0.1) is 0 Å². The number of amides is 2. The third-order valence-corrected chi connectivity index (χ3v) is 4.38. The van der Waals surface area contributed by atoms with Gasteiger partial charge in [0.1, 0.15) is 0 Å². The topological polar surface area (TPSA) is 79.2 Å². The molecular weight excluding hydrogens is 280 g/mol. The highest BCUT2D eigenvalue weighted by Gasteiger charge is 2.24. The van der Waals surface area contributed by atoms with E-state index in [0.29, 0.717) is 18.9 Å². The zero-order chi connectivity index (χ0) is 15.6. The van der Waals surface area contributed by atoms with Crippen LogP contribution in [0, 0.1) is 5.92 Å². The molecule has 0 radical (unpaired) electrons. The van der Waals surface area contributed by atoms with E-state index in [1.165, 1.54) is 19.3 Å². The Hall–Kier alpha value is -1.56. The van der Waals surface area contributed by atoms with Crippen molar-refractivity contribution in [2.24, 2.45) is 5.92 Å². The van der Waals surface area contributed by atoms with Crippen molar-refractivity contribution in [1.82, 2.24) is 20.4 Å². The van der Waals surface area contributed by atoms with Gasteiger partial charge in [-0.05, 0) is 37.7 Å². The van der Waals surface area contributed by atoms with Crippen LogP contribution in [0.25, 0.3) is 0 Å². The maximum absolute atomic E-state index is 12.0. The highest BCUT2D eigenvalue weighted by molar-refractivity contribution is 5.74. The number of carbonyl (C=O) groups is 1. The first-order chi connectivity index (χ1) is 10.8. The van der Waals surface area contributed by atoms with Crippen molar-refractivity contribution in [2.45, 2.75) is 57.5 Å². The van der Waals surface area contributed by atoms with Gasteiger partial charge in [0, 0.05) is 38.1 Å². The summed E-state index contributed by atoms with van der Waals surface area (Å²) in [6, 6.07) is 1.87. The molecule has 0 aliphatic heterocycles. The molecule has 22 heavy (non-hydrogen) atoms. The number of urea groups is 1. The minimum absolute atomic E-state index is 0.0939. The molecule has 0 spiro atoms. The van der Waals surface area contributed by atoms with Gasteiger partial charge in [0.2, 0.25) is 0 Å². The molecule has 1 unspecified atom stereocenters. The molecule has 0 aromatic carbocycles. The average molecular weight is 308 g/mol. The molecule has 6 heteroatoms. The molecule has 1 aromatic rings. The molecule has 124 valence electrons. The molecule has 2 amide bonds. The van der Waals surface area contributed by atoms with Crippen LogP contribution in [-0.4, -0.2) is 40.1 Å². The van der Waals surface area contributed by atoms with Crippen LogP contribution in [-0.2, 0) is 6.54 Å². The molecule has 1 fully saturated rings. The van der Waals surface area contributed by atoms with E-state index >= 15 is 0 Å². The number of nitrogens with one attached hydrogen (secondary N) is 2. The number of hydrogen-bond acceptors (Lipinski definition) is 3. The summed E-state index contributed by atoms with van der Waals surface area (Å²) in [6.45, 7) is 1.55. The van der Waals surface area contributed by atoms with E-state index in [1.54, 1.807) is 6.20 Å². The van der Waals surface area contributed by atoms with Gasteiger partial charge in [-0.1, -0.05) is 19.3 Å². The number of aliphatic hydroxyl groups is 1. The molecule has 0 bridgehead atoms. The summed E-state index contributed by atoms with van der Waals surface area (Å²) in [5.41, 5.74) is 0. The Balaban J connectivity index is 1.66. The number of rotatable bonds is 8. The van der Waals surface area contributed by atoms with Gasteiger partial charge in [-0.15, -0.1) is 0 Å². The Kier molecular flexibility index (Phi) is 7.22. The second-order valence-corrected chi connectivity index (χ2v) is 6.04. The van der Waals surface area contributed by atoms with Crippen molar-refractivity contribution in [3.05, 3.63) is 18.5 Å². The third-order valence-electron chi connectivity index (χ3n) is 4.38. The highest BCUT2D eigenvalue weighted by Crippen LogP contribution is 2.27. The molecule has 1 aliphatic rings. The van der Waals surface area contributed by atoms with E-state index in [1.807, 2.05) is 16.9 Å². The molecule has 0 saturated heterocycles. The third kappa shape index (κ3) is 5.67. The van der Waals surface area contributed by atoms with Gasteiger partial charge in [-0.3, -0.25) is 4.68 Å². The second kappa shape index (κ2) is 9.46. The van der Waals surface area contributed by atoms with E-state index < -0.39 is 0 Å². The summed E-state index contributed by atoms with van der Waals surface area (Å²) in [6.07, 6.45) is 11.2. The largest absolute Gasteiger partial charge is 0.396 e. The fourth-order valence-corrected chi connectivity index (χ4v) is 3.20. The smallest absolute Gasteiger partial charge is 0.315 e. The first-order valence-electron chi connectivity index (χ1n) is 8.42. The van der Waals surface area contributed by atoms with Crippen LogP contribution in [0.15, 0.2) is 18.5 Å². The summed E-state index contributed by atoms with van der Waals surface area (Å²) in [4.78, 5) is 12.0. The normalized spacial score (nSPS) is 17.1. The predicted molar refractivity (Wildman–Crippen MR) is 85.4 cm³/mol. The van der Waals surface area contributed by atoms with Crippen LogP contribution in [0.1, 0.15) is 44.9 Å². The lowest BCUT2D eigenvalue weighted by atomic mass is 9.83. The molecule has 1 heterocycles. The predicted octanol–water partition coefficient (Wildman–Crippen LogP) is 1.90. The Morgan fingerprint density at radius 3 is 2.86 bits per heavy atom. The first-order valence-corrected chi connectivity index (χ1v) is 8.42. The summed E-state index contributed by atoms with van der Waals surface area (Å²) < 4.78 is 1.86. The van der Waals surface area contributed by atoms with Crippen LogP contribution in [0.4, 0.5) is 4.79 Å². The van der Waals surface area contributed by atoms with Crippen molar-refractivity contribution in [2.75, 3.05) is 13.2 Å². The molecule has 1 aromatic heterocycles. The van der Waals surface area contributed by atoms with Crippen LogP contribution < -0.4 is 10.6 Å². The standard InChI is InChI=1S/C16H28N4O2/c21-13-8-15(14-6-2-1-3-7-14)19-16(22)17-9-4-11-20-12-5-10-18-20/h5,10,12,14-15,21H,1-4,6-9,11,13H2,(H2,17,19,22). The van der Waals surface area contributed by atoms with Gasteiger partial charge in [-0.2, -0.15) is 5.10 Å². The summed E-state index contributed by atoms with van der Waals surface area (Å²) in [7, 11) is 0. The number of aliphatic hydroxyl groups excluding tert-OH is 1. The Labute approximate surface area is 132 Å². The van der Waals surface area contributed by atoms with Gasteiger partial charge in [0.25, 0.3) is 0 Å². The Bertz CT molecular complexity index is 416. The molecule has 1 saturated carbocycles. The fourth-order valence-electron chi connectivity index (χ4n) is 3.20. The number of aryl methyl sites for hydroxylation is 1. The van der Waals surface area contributed by atoms with Crippen LogP contribution >= 0.6 is 0 Å². The monoisotopic (exact) mass is 308 g/mol. The quantitative estimate of drug-likeness (QED) is 0.642.